The molecule has 144 valence electrons. The van der Waals surface area contributed by atoms with E-state index in [1.54, 1.807) is 20.8 Å². The van der Waals surface area contributed by atoms with E-state index >= 15 is 0 Å². The van der Waals surface area contributed by atoms with Crippen LogP contribution in [-0.4, -0.2) is 35.8 Å². The Balaban J connectivity index is 1.81. The molecule has 0 radical (unpaired) electrons. The van der Waals surface area contributed by atoms with E-state index in [-0.39, 0.29) is 34.6 Å². The Kier molecular flexibility index (Phi) is 3.96. The van der Waals surface area contributed by atoms with E-state index < -0.39 is 40.2 Å². The molecule has 5 nitrogen and oxygen atoms in total. The topological polar surface area (TPSA) is 73.0 Å². The van der Waals surface area contributed by atoms with Crippen LogP contribution in [0.15, 0.2) is 22.7 Å². The van der Waals surface area contributed by atoms with Crippen LogP contribution >= 0.6 is 15.9 Å². The number of ketones is 2. The van der Waals surface area contributed by atoms with Crippen molar-refractivity contribution in [2.45, 2.75) is 45.3 Å². The van der Waals surface area contributed by atoms with Crippen molar-refractivity contribution in [3.05, 3.63) is 34.1 Å². The quantitative estimate of drug-likeness (QED) is 0.311. The van der Waals surface area contributed by atoms with Crippen molar-refractivity contribution in [3.63, 3.8) is 0 Å². The van der Waals surface area contributed by atoms with E-state index in [9.17, 15) is 18.8 Å². The molecule has 0 amide bonds. The minimum atomic E-state index is -1.34. The summed E-state index contributed by atoms with van der Waals surface area (Å²) in [5, 5.41) is 0. The number of carbonyl (C=O) groups excluding carboxylic acids is 3. The summed E-state index contributed by atoms with van der Waals surface area (Å²) >= 11 is 3.09. The van der Waals surface area contributed by atoms with Gasteiger partial charge in [0.1, 0.15) is 17.3 Å². The molecular weight excluding hydrogens is 419 g/mol. The van der Waals surface area contributed by atoms with Crippen molar-refractivity contribution in [3.8, 4) is 0 Å². The van der Waals surface area contributed by atoms with Crippen molar-refractivity contribution >= 4 is 33.5 Å². The minimum Gasteiger partial charge on any atom is -0.464 e. The highest BCUT2D eigenvalue weighted by Crippen LogP contribution is 2.71. The largest absolute Gasteiger partial charge is 0.464 e. The zero-order valence-corrected chi connectivity index (χ0v) is 16.9. The van der Waals surface area contributed by atoms with Crippen LogP contribution in [0.3, 0.4) is 0 Å². The molecule has 3 fully saturated rings. The molecule has 1 aromatic carbocycles. The fourth-order valence-corrected chi connectivity index (χ4v) is 5.48. The summed E-state index contributed by atoms with van der Waals surface area (Å²) < 4.78 is 24.7. The second-order valence-electron chi connectivity index (χ2n) is 8.22. The molecule has 0 spiro atoms. The molecule has 27 heavy (non-hydrogen) atoms. The highest BCUT2D eigenvalue weighted by Gasteiger charge is 2.85. The first-order chi connectivity index (χ1) is 12.6. The predicted octanol–water partition coefficient (Wildman–Crippen LogP) is 3.48. The normalized spacial score (nSPS) is 35.5. The first-order valence-corrected chi connectivity index (χ1v) is 9.80. The number of epoxide rings is 1. The summed E-state index contributed by atoms with van der Waals surface area (Å²) in [6.45, 7) is 5.49. The van der Waals surface area contributed by atoms with E-state index in [2.05, 4.69) is 15.9 Å². The SMILES string of the molecule is CCOC(=O)[C@]12O[C@H]1C[C@]1(C(=O)c3ccc(F)c(Br)c3)C(=O)C(C)(C)C[C@@H]12. The van der Waals surface area contributed by atoms with Gasteiger partial charge in [-0.3, -0.25) is 9.59 Å². The average Bonchev–Trinajstić information content (AvgIpc) is 3.21. The fraction of sp³-hybridized carbons (Fsp3) is 0.550. The Morgan fingerprint density at radius 3 is 2.67 bits per heavy atom. The van der Waals surface area contributed by atoms with E-state index in [1.807, 2.05) is 0 Å². The zero-order chi connectivity index (χ0) is 19.8. The zero-order valence-electron chi connectivity index (χ0n) is 15.3. The number of hydrogen-bond donors (Lipinski definition) is 0. The molecule has 2 saturated carbocycles. The molecule has 1 saturated heterocycles. The molecule has 0 N–H and O–H groups in total. The van der Waals surface area contributed by atoms with E-state index in [4.69, 9.17) is 9.47 Å². The van der Waals surface area contributed by atoms with Gasteiger partial charge < -0.3 is 9.47 Å². The molecule has 0 unspecified atom stereocenters. The monoisotopic (exact) mass is 438 g/mol. The molecule has 2 aliphatic carbocycles. The number of hydrogen-bond acceptors (Lipinski definition) is 5. The molecule has 3 aliphatic rings. The van der Waals surface area contributed by atoms with Gasteiger partial charge in [-0.25, -0.2) is 9.18 Å². The first-order valence-electron chi connectivity index (χ1n) is 9.01. The van der Waals surface area contributed by atoms with E-state index in [0.717, 1.165) is 0 Å². The number of ether oxygens (including phenoxy) is 2. The lowest BCUT2D eigenvalue weighted by molar-refractivity contribution is -0.153. The third-order valence-electron chi connectivity index (χ3n) is 6.29. The Morgan fingerprint density at radius 1 is 1.33 bits per heavy atom. The van der Waals surface area contributed by atoms with Crippen LogP contribution in [0.2, 0.25) is 0 Å². The number of Topliss-reactive ketones (excluding diaryl/α,β-unsaturated/α-hetero) is 2. The van der Waals surface area contributed by atoms with Gasteiger partial charge in [0.2, 0.25) is 0 Å². The molecule has 0 bridgehead atoms. The van der Waals surface area contributed by atoms with Crippen LogP contribution < -0.4 is 0 Å². The van der Waals surface area contributed by atoms with Crippen molar-refractivity contribution in [2.24, 2.45) is 16.7 Å². The van der Waals surface area contributed by atoms with Crippen LogP contribution in [0.5, 0.6) is 0 Å². The maximum absolute atomic E-state index is 13.6. The third kappa shape index (κ3) is 2.27. The summed E-state index contributed by atoms with van der Waals surface area (Å²) in [7, 11) is 0. The number of halogens is 2. The predicted molar refractivity (Wildman–Crippen MR) is 96.6 cm³/mol. The highest BCUT2D eigenvalue weighted by molar-refractivity contribution is 9.10. The van der Waals surface area contributed by atoms with Gasteiger partial charge in [0.15, 0.2) is 17.2 Å². The summed E-state index contributed by atoms with van der Waals surface area (Å²) in [6.07, 6.45) is 0.0383. The second-order valence-corrected chi connectivity index (χ2v) is 9.08. The van der Waals surface area contributed by atoms with E-state index in [0.29, 0.717) is 6.42 Å². The highest BCUT2D eigenvalue weighted by atomic mass is 79.9. The molecule has 7 heteroatoms. The summed E-state index contributed by atoms with van der Waals surface area (Å²) in [5.41, 5.74) is -3.06. The molecule has 1 aromatic rings. The van der Waals surface area contributed by atoms with Gasteiger partial charge in [-0.2, -0.15) is 0 Å². The number of rotatable bonds is 4. The molecule has 4 atom stereocenters. The number of benzene rings is 1. The molecule has 1 heterocycles. The van der Waals surface area contributed by atoms with Crippen LogP contribution in [0, 0.1) is 22.6 Å². The summed E-state index contributed by atoms with van der Waals surface area (Å²) in [5.74, 6) is -2.11. The fourth-order valence-electron chi connectivity index (χ4n) is 5.10. The third-order valence-corrected chi connectivity index (χ3v) is 6.90. The lowest BCUT2D eigenvalue weighted by Crippen LogP contribution is -2.46. The van der Waals surface area contributed by atoms with Crippen LogP contribution in [0.4, 0.5) is 4.39 Å². The number of esters is 1. The molecule has 4 rings (SSSR count). The van der Waals surface area contributed by atoms with Gasteiger partial charge in [0, 0.05) is 16.9 Å². The standard InChI is InChI=1S/C20H20BrFO5/c1-4-26-17(25)20-13-8-18(2,3)16(24)19(13,9-14(20)27-20)15(23)10-5-6-12(22)11(21)7-10/h5-7,13-14H,4,8-9H2,1-3H3/t13-,14-,19-,20+/m0/s1. The van der Waals surface area contributed by atoms with Gasteiger partial charge in [0.05, 0.1) is 11.1 Å². The van der Waals surface area contributed by atoms with E-state index in [1.165, 1.54) is 18.2 Å². The number of carbonyl (C=O) groups is 3. The van der Waals surface area contributed by atoms with Crippen LogP contribution in [0.1, 0.15) is 44.0 Å². The lowest BCUT2D eigenvalue weighted by Gasteiger charge is -2.30. The van der Waals surface area contributed by atoms with Gasteiger partial charge in [-0.1, -0.05) is 13.8 Å². The Bertz CT molecular complexity index is 881. The van der Waals surface area contributed by atoms with Crippen molar-refractivity contribution in [1.82, 2.24) is 0 Å². The summed E-state index contributed by atoms with van der Waals surface area (Å²) in [4.78, 5) is 39.5. The average molecular weight is 439 g/mol. The van der Waals surface area contributed by atoms with Crippen molar-refractivity contribution in [2.75, 3.05) is 6.61 Å². The maximum Gasteiger partial charge on any atom is 0.341 e. The Labute approximate surface area is 164 Å². The summed E-state index contributed by atoms with van der Waals surface area (Å²) in [6, 6.07) is 3.97. The van der Waals surface area contributed by atoms with Crippen molar-refractivity contribution in [1.29, 1.82) is 0 Å². The smallest absolute Gasteiger partial charge is 0.341 e. The van der Waals surface area contributed by atoms with Gasteiger partial charge >= 0.3 is 5.97 Å². The second kappa shape index (κ2) is 5.70. The van der Waals surface area contributed by atoms with Gasteiger partial charge in [-0.15, -0.1) is 0 Å². The molecule has 1 aliphatic heterocycles. The van der Waals surface area contributed by atoms with Gasteiger partial charge in [-0.05, 0) is 53.9 Å². The molecular formula is C20H20BrFO5. The number of fused-ring (bicyclic) bond motifs is 3. The van der Waals surface area contributed by atoms with Crippen LogP contribution in [-0.2, 0) is 19.1 Å². The van der Waals surface area contributed by atoms with Crippen molar-refractivity contribution < 1.29 is 28.2 Å². The minimum absolute atomic E-state index is 0.158. The first kappa shape index (κ1) is 18.7. The Morgan fingerprint density at radius 2 is 2.04 bits per heavy atom. The maximum atomic E-state index is 13.6. The lowest BCUT2D eigenvalue weighted by atomic mass is 9.70. The van der Waals surface area contributed by atoms with Crippen LogP contribution in [0.25, 0.3) is 0 Å². The van der Waals surface area contributed by atoms with Gasteiger partial charge in [0.25, 0.3) is 0 Å². The molecule has 0 aromatic heterocycles. The Hall–Kier alpha value is -1.60.